The largest absolute Gasteiger partial charge is 0.314 e. The van der Waals surface area contributed by atoms with Gasteiger partial charge in [0.2, 0.25) is 0 Å². The van der Waals surface area contributed by atoms with Crippen molar-refractivity contribution in [2.24, 2.45) is 17.8 Å². The van der Waals surface area contributed by atoms with E-state index in [1.54, 1.807) is 0 Å². The van der Waals surface area contributed by atoms with E-state index < -0.39 is 0 Å². The van der Waals surface area contributed by atoms with Gasteiger partial charge in [0.05, 0.1) is 0 Å². The molecule has 0 saturated heterocycles. The molecule has 2 saturated carbocycles. The molecule has 30 heavy (non-hydrogen) atoms. The van der Waals surface area contributed by atoms with Crippen LogP contribution in [-0.2, 0) is 6.42 Å². The lowest BCUT2D eigenvalue weighted by atomic mass is 9.76. The minimum atomic E-state index is 0.540. The predicted octanol–water partition coefficient (Wildman–Crippen LogP) is 7.88. The maximum atomic E-state index is 4.58. The lowest BCUT2D eigenvalue weighted by Gasteiger charge is -2.32. The first-order valence-corrected chi connectivity index (χ1v) is 12.7. The lowest BCUT2D eigenvalue weighted by Crippen LogP contribution is -2.35. The fraction of sp³-hybridized carbons (Fsp3) is 0.655. The van der Waals surface area contributed by atoms with E-state index in [9.17, 15) is 0 Å². The lowest BCUT2D eigenvalue weighted by molar-refractivity contribution is 0.277. The van der Waals surface area contributed by atoms with Gasteiger partial charge in [-0.3, -0.25) is 0 Å². The topological polar surface area (TPSA) is 12.0 Å². The molecule has 0 bridgehead atoms. The highest BCUT2D eigenvalue weighted by Crippen LogP contribution is 2.36. The van der Waals surface area contributed by atoms with E-state index >= 15 is 0 Å². The van der Waals surface area contributed by atoms with Gasteiger partial charge in [-0.2, -0.15) is 0 Å². The van der Waals surface area contributed by atoms with Gasteiger partial charge in [0.25, 0.3) is 0 Å². The van der Waals surface area contributed by atoms with E-state index in [0.29, 0.717) is 12.0 Å². The zero-order valence-electron chi connectivity index (χ0n) is 19.5. The molecule has 2 aliphatic carbocycles. The van der Waals surface area contributed by atoms with Gasteiger partial charge in [-0.25, -0.2) is 0 Å². The van der Waals surface area contributed by atoms with Gasteiger partial charge >= 0.3 is 0 Å². The number of benzene rings is 1. The predicted molar refractivity (Wildman–Crippen MR) is 132 cm³/mol. The molecule has 3 rings (SSSR count). The van der Waals surface area contributed by atoms with Crippen LogP contribution in [0.25, 0.3) is 0 Å². The maximum Gasteiger partial charge on any atom is 0.00699 e. The Labute approximate surface area is 186 Å². The summed E-state index contributed by atoms with van der Waals surface area (Å²) in [5.41, 5.74) is 4.24. The fourth-order valence-electron chi connectivity index (χ4n) is 5.92. The molecule has 1 heteroatoms. The molecule has 3 unspecified atom stereocenters. The Morgan fingerprint density at radius 3 is 2.43 bits per heavy atom. The van der Waals surface area contributed by atoms with Crippen molar-refractivity contribution in [2.45, 2.75) is 96.4 Å². The highest BCUT2D eigenvalue weighted by molar-refractivity contribution is 5.16. The summed E-state index contributed by atoms with van der Waals surface area (Å²) >= 11 is 0. The monoisotopic (exact) mass is 407 g/mol. The van der Waals surface area contributed by atoms with Crippen LogP contribution in [0.1, 0.15) is 89.5 Å². The first kappa shape index (κ1) is 23.3. The van der Waals surface area contributed by atoms with E-state index in [1.807, 2.05) is 0 Å². The Hall–Kier alpha value is -1.34. The Bertz CT molecular complexity index is 640. The van der Waals surface area contributed by atoms with Gasteiger partial charge in [-0.15, -0.1) is 0 Å². The van der Waals surface area contributed by atoms with Crippen molar-refractivity contribution >= 4 is 0 Å². The van der Waals surface area contributed by atoms with E-state index in [0.717, 1.165) is 24.8 Å². The van der Waals surface area contributed by atoms with Crippen LogP contribution in [0.2, 0.25) is 0 Å². The van der Waals surface area contributed by atoms with Crippen molar-refractivity contribution in [3.63, 3.8) is 0 Å². The highest BCUT2D eigenvalue weighted by atomic mass is 14.9. The van der Waals surface area contributed by atoms with Crippen LogP contribution in [0.5, 0.6) is 0 Å². The van der Waals surface area contributed by atoms with Crippen molar-refractivity contribution in [3.05, 3.63) is 60.2 Å². The molecule has 0 heterocycles. The average Bonchev–Trinajstić information content (AvgIpc) is 2.75. The SMILES string of the molecule is C=C(C)C(CCC1CCCCC1)C(=C)CC1CCCC(NCCc2ccccc2)C1. The first-order valence-electron chi connectivity index (χ1n) is 12.7. The van der Waals surface area contributed by atoms with Crippen molar-refractivity contribution in [1.82, 2.24) is 5.32 Å². The van der Waals surface area contributed by atoms with Gasteiger partial charge in [-0.05, 0) is 75.3 Å². The van der Waals surface area contributed by atoms with Crippen molar-refractivity contribution in [1.29, 1.82) is 0 Å². The molecule has 0 amide bonds. The summed E-state index contributed by atoms with van der Waals surface area (Å²) in [4.78, 5) is 0. The standard InChI is InChI=1S/C29H45N/c1-23(2)29(18-17-25-11-6-4-7-12-25)24(3)21-27-15-10-16-28(22-27)30-20-19-26-13-8-5-9-14-26/h5,8-9,13-14,25,27-30H,1,3-4,6-7,10-12,15-22H2,2H3. The molecule has 1 aromatic carbocycles. The summed E-state index contributed by atoms with van der Waals surface area (Å²) in [6.45, 7) is 12.2. The Balaban J connectivity index is 1.41. The molecule has 0 aliphatic heterocycles. The van der Waals surface area contributed by atoms with E-state index in [2.05, 4.69) is 55.7 Å². The molecule has 1 aromatic rings. The Morgan fingerprint density at radius 2 is 1.70 bits per heavy atom. The molecule has 1 nitrogen and oxygen atoms in total. The first-order chi connectivity index (χ1) is 14.6. The Morgan fingerprint density at radius 1 is 0.967 bits per heavy atom. The van der Waals surface area contributed by atoms with Crippen LogP contribution in [0.15, 0.2) is 54.6 Å². The van der Waals surface area contributed by atoms with E-state index in [-0.39, 0.29) is 0 Å². The molecular weight excluding hydrogens is 362 g/mol. The third kappa shape index (κ3) is 7.73. The summed E-state index contributed by atoms with van der Waals surface area (Å²) < 4.78 is 0. The quantitative estimate of drug-likeness (QED) is 0.368. The van der Waals surface area contributed by atoms with Crippen LogP contribution in [0.3, 0.4) is 0 Å². The van der Waals surface area contributed by atoms with Crippen LogP contribution in [-0.4, -0.2) is 12.6 Å². The summed E-state index contributed by atoms with van der Waals surface area (Å²) in [6.07, 6.45) is 17.7. The summed E-state index contributed by atoms with van der Waals surface area (Å²) in [5.74, 6) is 2.30. The number of hydrogen-bond acceptors (Lipinski definition) is 1. The van der Waals surface area contributed by atoms with Crippen LogP contribution in [0.4, 0.5) is 0 Å². The maximum absolute atomic E-state index is 4.58. The van der Waals surface area contributed by atoms with Gasteiger partial charge in [0.15, 0.2) is 0 Å². The second-order valence-electron chi connectivity index (χ2n) is 10.3. The minimum absolute atomic E-state index is 0.540. The van der Waals surface area contributed by atoms with Crippen LogP contribution in [0, 0.1) is 17.8 Å². The van der Waals surface area contributed by atoms with Gasteiger partial charge in [-0.1, -0.05) is 99.6 Å². The molecule has 2 aliphatic rings. The third-order valence-corrected chi connectivity index (χ3v) is 7.70. The fourth-order valence-corrected chi connectivity index (χ4v) is 5.92. The highest BCUT2D eigenvalue weighted by Gasteiger charge is 2.25. The van der Waals surface area contributed by atoms with Gasteiger partial charge < -0.3 is 5.32 Å². The van der Waals surface area contributed by atoms with Crippen LogP contribution < -0.4 is 5.32 Å². The van der Waals surface area contributed by atoms with Gasteiger partial charge in [0.1, 0.15) is 0 Å². The number of rotatable bonds is 11. The zero-order valence-corrected chi connectivity index (χ0v) is 19.5. The molecule has 1 N–H and O–H groups in total. The van der Waals surface area contributed by atoms with Gasteiger partial charge in [0, 0.05) is 6.04 Å². The summed E-state index contributed by atoms with van der Waals surface area (Å²) in [5, 5.41) is 3.85. The van der Waals surface area contributed by atoms with Crippen molar-refractivity contribution in [2.75, 3.05) is 6.54 Å². The normalized spacial score (nSPS) is 23.8. The third-order valence-electron chi connectivity index (χ3n) is 7.70. The molecule has 0 spiro atoms. The number of allylic oxidation sites excluding steroid dienone is 2. The zero-order chi connectivity index (χ0) is 21.2. The summed E-state index contributed by atoms with van der Waals surface area (Å²) in [7, 11) is 0. The van der Waals surface area contributed by atoms with Crippen molar-refractivity contribution < 1.29 is 0 Å². The van der Waals surface area contributed by atoms with E-state index in [4.69, 9.17) is 0 Å². The van der Waals surface area contributed by atoms with Crippen LogP contribution >= 0.6 is 0 Å². The number of hydrogen-bond donors (Lipinski definition) is 1. The summed E-state index contributed by atoms with van der Waals surface area (Å²) in [6, 6.07) is 11.5. The molecule has 0 aromatic heterocycles. The van der Waals surface area contributed by atoms with E-state index in [1.165, 1.54) is 93.8 Å². The Kier molecular flexibility index (Phi) is 9.72. The average molecular weight is 408 g/mol. The smallest absolute Gasteiger partial charge is 0.00699 e. The second-order valence-corrected chi connectivity index (χ2v) is 10.3. The second kappa shape index (κ2) is 12.5. The number of nitrogens with one attached hydrogen (secondary N) is 1. The molecular formula is C29H45N. The molecule has 3 atom stereocenters. The molecule has 166 valence electrons. The molecule has 2 fully saturated rings. The molecule has 0 radical (unpaired) electrons. The van der Waals surface area contributed by atoms with Crippen molar-refractivity contribution in [3.8, 4) is 0 Å². The minimum Gasteiger partial charge on any atom is -0.314 e.